The third-order valence-electron chi connectivity index (χ3n) is 7.07. The van der Waals surface area contributed by atoms with Gasteiger partial charge in [0.05, 0.1) is 0 Å². The van der Waals surface area contributed by atoms with E-state index >= 15 is 0 Å². The Hall–Kier alpha value is -2.51. The maximum Gasteiger partial charge on any atom is 0.530 e. The summed E-state index contributed by atoms with van der Waals surface area (Å²) >= 11 is 0. The molecule has 0 radical (unpaired) electrons. The van der Waals surface area contributed by atoms with Crippen molar-refractivity contribution in [2.45, 2.75) is 119 Å². The number of aryl methyl sites for hydroxylation is 6. The molecule has 0 aliphatic rings. The van der Waals surface area contributed by atoms with E-state index < -0.39 is 8.60 Å². The van der Waals surface area contributed by atoms with E-state index in [4.69, 9.17) is 13.6 Å². The molecule has 0 heterocycles. The summed E-state index contributed by atoms with van der Waals surface area (Å²) < 4.78 is 20.0. The predicted octanol–water partition coefficient (Wildman–Crippen LogP) is 11.2. The van der Waals surface area contributed by atoms with Crippen LogP contribution in [0.1, 0.15) is 113 Å². The average molecular weight is 563 g/mol. The number of rotatable bonds is 18. The Kier molecular flexibility index (Phi) is 13.9. The molecule has 0 aromatic heterocycles. The van der Waals surface area contributed by atoms with Crippen LogP contribution in [0.3, 0.4) is 0 Å². The lowest BCUT2D eigenvalue weighted by molar-refractivity contribution is 0.382. The van der Waals surface area contributed by atoms with Gasteiger partial charge in [-0.25, -0.2) is 0 Å². The molecule has 40 heavy (non-hydrogen) atoms. The van der Waals surface area contributed by atoms with Crippen LogP contribution >= 0.6 is 8.60 Å². The van der Waals surface area contributed by atoms with Crippen LogP contribution in [-0.2, 0) is 38.5 Å². The molecule has 0 atom stereocenters. The van der Waals surface area contributed by atoms with Gasteiger partial charge in [0.15, 0.2) is 0 Å². The van der Waals surface area contributed by atoms with Crippen molar-refractivity contribution in [1.29, 1.82) is 0 Å². The highest BCUT2D eigenvalue weighted by atomic mass is 31.2. The summed E-state index contributed by atoms with van der Waals surface area (Å²) in [6.07, 6.45) is 12.7. The van der Waals surface area contributed by atoms with E-state index in [1.165, 1.54) is 33.4 Å². The normalized spacial score (nSPS) is 11.2. The van der Waals surface area contributed by atoms with Gasteiger partial charge in [0.2, 0.25) is 0 Å². The van der Waals surface area contributed by atoms with Crippen molar-refractivity contribution in [3.8, 4) is 17.2 Å². The van der Waals surface area contributed by atoms with Crippen LogP contribution in [0.25, 0.3) is 0 Å². The Morgan fingerprint density at radius 2 is 0.675 bits per heavy atom. The lowest BCUT2D eigenvalue weighted by Crippen LogP contribution is -2.07. The van der Waals surface area contributed by atoms with E-state index in [1.807, 2.05) is 0 Å². The molecule has 4 heteroatoms. The molecular formula is C36H51O3P. The highest BCUT2D eigenvalue weighted by Crippen LogP contribution is 2.46. The zero-order valence-corrected chi connectivity index (χ0v) is 26.7. The molecule has 0 spiro atoms. The van der Waals surface area contributed by atoms with Gasteiger partial charge in [0, 0.05) is 0 Å². The summed E-state index contributed by atoms with van der Waals surface area (Å²) in [5, 5.41) is 0. The van der Waals surface area contributed by atoms with Gasteiger partial charge in [-0.05, 0) is 90.1 Å². The second kappa shape index (κ2) is 17.3. The van der Waals surface area contributed by atoms with Gasteiger partial charge in [-0.3, -0.25) is 0 Å². The summed E-state index contributed by atoms with van der Waals surface area (Å²) in [5.74, 6) is 2.60. The van der Waals surface area contributed by atoms with Crippen molar-refractivity contribution in [2.24, 2.45) is 0 Å². The molecule has 0 saturated carbocycles. The van der Waals surface area contributed by atoms with E-state index in [0.29, 0.717) is 0 Å². The molecule has 3 nitrogen and oxygen atoms in total. The van der Waals surface area contributed by atoms with Gasteiger partial charge in [-0.15, -0.1) is 0 Å². The lowest BCUT2D eigenvalue weighted by atomic mass is 10.0. The van der Waals surface area contributed by atoms with Crippen molar-refractivity contribution in [3.63, 3.8) is 0 Å². The second-order valence-electron chi connectivity index (χ2n) is 10.8. The Morgan fingerprint density at radius 3 is 0.925 bits per heavy atom. The Bertz CT molecular complexity index is 1030. The van der Waals surface area contributed by atoms with E-state index in [-0.39, 0.29) is 0 Å². The van der Waals surface area contributed by atoms with Crippen molar-refractivity contribution in [2.75, 3.05) is 0 Å². The van der Waals surface area contributed by atoms with E-state index in [9.17, 15) is 0 Å². The number of benzene rings is 3. The fourth-order valence-electron chi connectivity index (χ4n) is 5.19. The lowest BCUT2D eigenvalue weighted by Gasteiger charge is -2.23. The summed E-state index contributed by atoms with van der Waals surface area (Å²) in [6.45, 7) is 13.3. The van der Waals surface area contributed by atoms with Crippen LogP contribution in [0.2, 0.25) is 0 Å². The maximum atomic E-state index is 6.68. The molecule has 3 aromatic carbocycles. The third-order valence-corrected chi connectivity index (χ3v) is 8.10. The first kappa shape index (κ1) is 32.0. The van der Waals surface area contributed by atoms with E-state index in [0.717, 1.165) is 94.3 Å². The summed E-state index contributed by atoms with van der Waals surface area (Å²) in [5.41, 5.74) is 7.76. The molecule has 3 rings (SSSR count). The Morgan fingerprint density at radius 1 is 0.400 bits per heavy atom. The van der Waals surface area contributed by atoms with Crippen molar-refractivity contribution >= 4 is 8.60 Å². The van der Waals surface area contributed by atoms with Gasteiger partial charge in [-0.1, -0.05) is 116 Å². The van der Waals surface area contributed by atoms with Crippen LogP contribution in [0.5, 0.6) is 17.2 Å². The van der Waals surface area contributed by atoms with Gasteiger partial charge >= 0.3 is 8.60 Å². The zero-order valence-electron chi connectivity index (χ0n) is 25.9. The molecule has 0 bridgehead atoms. The largest absolute Gasteiger partial charge is 0.530 e. The van der Waals surface area contributed by atoms with Crippen molar-refractivity contribution in [3.05, 3.63) is 88.0 Å². The van der Waals surface area contributed by atoms with Gasteiger partial charge in [-0.2, -0.15) is 0 Å². The van der Waals surface area contributed by atoms with Crippen LogP contribution < -0.4 is 13.6 Å². The average Bonchev–Trinajstić information content (AvgIpc) is 2.94. The van der Waals surface area contributed by atoms with Crippen molar-refractivity contribution < 1.29 is 13.6 Å². The maximum absolute atomic E-state index is 6.68. The third kappa shape index (κ3) is 9.55. The fraction of sp³-hybridized carbons (Fsp3) is 0.500. The summed E-state index contributed by atoms with van der Waals surface area (Å²) in [6, 6.07) is 19.8. The predicted molar refractivity (Wildman–Crippen MR) is 172 cm³/mol. The first-order chi connectivity index (χ1) is 19.5. The quantitative estimate of drug-likeness (QED) is 0.144. The molecular weight excluding hydrogens is 511 g/mol. The van der Waals surface area contributed by atoms with Crippen LogP contribution in [0, 0.1) is 0 Å². The van der Waals surface area contributed by atoms with Crippen LogP contribution in [-0.4, -0.2) is 0 Å². The van der Waals surface area contributed by atoms with Crippen molar-refractivity contribution in [1.82, 2.24) is 0 Å². The van der Waals surface area contributed by atoms with Gasteiger partial charge < -0.3 is 13.6 Å². The van der Waals surface area contributed by atoms with Crippen LogP contribution in [0.4, 0.5) is 0 Å². The first-order valence-electron chi connectivity index (χ1n) is 15.7. The molecule has 218 valence electrons. The molecule has 3 aromatic rings. The molecule has 0 saturated heterocycles. The monoisotopic (exact) mass is 562 g/mol. The smallest absolute Gasteiger partial charge is 0.408 e. The highest BCUT2D eigenvalue weighted by molar-refractivity contribution is 7.43. The van der Waals surface area contributed by atoms with Crippen LogP contribution in [0.15, 0.2) is 54.6 Å². The van der Waals surface area contributed by atoms with E-state index in [1.54, 1.807) is 0 Å². The molecule has 0 aliphatic carbocycles. The van der Waals surface area contributed by atoms with Gasteiger partial charge in [0.1, 0.15) is 17.2 Å². The minimum absolute atomic E-state index is 0.868. The number of hydrogen-bond acceptors (Lipinski definition) is 3. The molecule has 0 fully saturated rings. The minimum atomic E-state index is -1.72. The summed E-state index contributed by atoms with van der Waals surface area (Å²) in [4.78, 5) is 0. The molecule has 0 aliphatic heterocycles. The molecule has 0 amide bonds. The highest BCUT2D eigenvalue weighted by Gasteiger charge is 2.24. The fourth-order valence-corrected chi connectivity index (χ4v) is 6.32. The molecule has 0 unspecified atom stereocenters. The summed E-state index contributed by atoms with van der Waals surface area (Å²) in [7, 11) is -1.72. The topological polar surface area (TPSA) is 27.7 Å². The van der Waals surface area contributed by atoms with E-state index in [2.05, 4.69) is 96.1 Å². The zero-order chi connectivity index (χ0) is 28.7. The Labute approximate surface area is 245 Å². The first-order valence-corrected chi connectivity index (χ1v) is 16.8. The number of hydrogen-bond donors (Lipinski definition) is 0. The van der Waals surface area contributed by atoms with Gasteiger partial charge in [0.25, 0.3) is 0 Å². The Balaban J connectivity index is 2.00. The SMILES string of the molecule is CCCc1ccc(OP(Oc2ccc(CCC)cc2CCC)Oc2ccc(CCC)cc2CCC)c(CCC)c1. The minimum Gasteiger partial charge on any atom is -0.408 e. The molecule has 0 N–H and O–H groups in total. The standard InChI is InChI=1S/C36H51O3P/c1-7-13-28-19-22-34(31(25-28)16-10-4)37-40(38-35-23-20-29(14-8-2)26-32(35)17-11-5)39-36-24-21-30(15-9-3)27-33(36)18-12-6/h19-27H,7-18H2,1-6H3. The second-order valence-corrected chi connectivity index (χ2v) is 11.8.